The van der Waals surface area contributed by atoms with Crippen LogP contribution in [-0.2, 0) is 6.42 Å². The summed E-state index contributed by atoms with van der Waals surface area (Å²) in [5.41, 5.74) is 4.58. The van der Waals surface area contributed by atoms with Crippen LogP contribution in [0.1, 0.15) is 26.7 Å². The lowest BCUT2D eigenvalue weighted by Gasteiger charge is -2.10. The number of carbonyl (C=O) groups is 2. The molecule has 2 aromatic rings. The van der Waals surface area contributed by atoms with Crippen molar-refractivity contribution >= 4 is 11.8 Å². The summed E-state index contributed by atoms with van der Waals surface area (Å²) in [5.74, 6) is -3.89. The van der Waals surface area contributed by atoms with Crippen LogP contribution in [0.4, 0.5) is 0 Å². The van der Waals surface area contributed by atoms with Gasteiger partial charge in [0.1, 0.15) is 0 Å². The monoisotopic (exact) mass is 303 g/mol. The number of carboxylic acid groups (broad SMARTS) is 1. The second-order valence-corrected chi connectivity index (χ2v) is 4.58. The number of aromatic hydroxyl groups is 1. The number of ketones is 1. The molecular weight excluding hydrogens is 290 g/mol. The van der Waals surface area contributed by atoms with E-state index in [2.05, 4.69) is 4.98 Å². The molecule has 2 rings (SSSR count). The van der Waals surface area contributed by atoms with Crippen molar-refractivity contribution in [3.8, 4) is 5.75 Å². The number of benzene rings is 1. The minimum atomic E-state index is -1.62. The number of carbonyl (C=O) groups excluding carboxylic acids is 1. The van der Waals surface area contributed by atoms with Crippen molar-refractivity contribution in [3.63, 3.8) is 0 Å². The largest absolute Gasteiger partial charge is 0.501 e. The van der Waals surface area contributed by atoms with Crippen LogP contribution in [-0.4, -0.2) is 38.0 Å². The molecule has 0 amide bonds. The first-order valence-electron chi connectivity index (χ1n) is 6.30. The summed E-state index contributed by atoms with van der Waals surface area (Å²) in [6, 6.07) is 7.95. The van der Waals surface area contributed by atoms with E-state index < -0.39 is 40.6 Å². The lowest BCUT2D eigenvalue weighted by Crippen LogP contribution is -2.35. The average molecular weight is 303 g/mol. The highest BCUT2D eigenvalue weighted by atomic mass is 16.4. The fraction of sp³-hybridized carbons (Fsp3) is 0.143. The van der Waals surface area contributed by atoms with Gasteiger partial charge >= 0.3 is 5.97 Å². The molecule has 114 valence electrons. The molecule has 0 saturated heterocycles. The van der Waals surface area contributed by atoms with Gasteiger partial charge in [-0.05, 0) is 12.0 Å². The van der Waals surface area contributed by atoms with Gasteiger partial charge in [-0.2, -0.15) is 0 Å². The van der Waals surface area contributed by atoms with Gasteiger partial charge in [0, 0.05) is 0 Å². The van der Waals surface area contributed by atoms with E-state index in [0.717, 1.165) is 5.56 Å². The highest BCUT2D eigenvalue weighted by Crippen LogP contribution is 2.10. The number of nitrogens with one attached hydrogen (secondary N) is 1. The third kappa shape index (κ3) is 3.18. The average Bonchev–Trinajstić information content (AvgIpc) is 2.49. The molecular formula is C14H13N3O5. The van der Waals surface area contributed by atoms with Gasteiger partial charge in [-0.15, -0.1) is 0 Å². The number of nitrogens with zero attached hydrogens (tertiary/aromatic N) is 1. The number of hydrogen-bond acceptors (Lipinski definition) is 6. The van der Waals surface area contributed by atoms with E-state index in [4.69, 9.17) is 10.8 Å². The van der Waals surface area contributed by atoms with E-state index in [9.17, 15) is 19.5 Å². The van der Waals surface area contributed by atoms with E-state index in [1.54, 1.807) is 24.3 Å². The molecule has 8 heteroatoms. The van der Waals surface area contributed by atoms with E-state index >= 15 is 0 Å². The van der Waals surface area contributed by atoms with Crippen molar-refractivity contribution in [3.05, 3.63) is 57.8 Å². The van der Waals surface area contributed by atoms with Crippen LogP contribution in [0.5, 0.6) is 5.75 Å². The highest BCUT2D eigenvalue weighted by Gasteiger charge is 2.23. The molecule has 5 N–H and O–H groups in total. The highest BCUT2D eigenvalue weighted by molar-refractivity contribution is 5.98. The van der Waals surface area contributed by atoms with Gasteiger partial charge < -0.3 is 20.9 Å². The predicted molar refractivity (Wildman–Crippen MR) is 75.9 cm³/mol. The molecule has 0 spiro atoms. The maximum absolute atomic E-state index is 12.2. The van der Waals surface area contributed by atoms with Crippen molar-refractivity contribution in [2.75, 3.05) is 0 Å². The summed E-state index contributed by atoms with van der Waals surface area (Å²) in [7, 11) is 0. The number of H-pyrrole nitrogens is 1. The molecule has 0 aliphatic heterocycles. The lowest BCUT2D eigenvalue weighted by atomic mass is 10.0. The SMILES string of the molecule is N[C@@H](Cc1ccccc1)C(=O)c1nc(C(=O)O)c(O)c(=O)[nH]1. The van der Waals surface area contributed by atoms with E-state index in [0.29, 0.717) is 0 Å². The van der Waals surface area contributed by atoms with Crippen molar-refractivity contribution < 1.29 is 19.8 Å². The van der Waals surface area contributed by atoms with Gasteiger partial charge in [-0.1, -0.05) is 30.3 Å². The van der Waals surface area contributed by atoms with Crippen LogP contribution in [0, 0.1) is 0 Å². The quantitative estimate of drug-likeness (QED) is 0.565. The molecule has 0 fully saturated rings. The first-order valence-corrected chi connectivity index (χ1v) is 6.30. The number of aromatic amines is 1. The predicted octanol–water partition coefficient (Wildman–Crippen LogP) is -0.0736. The van der Waals surface area contributed by atoms with Crippen molar-refractivity contribution in [2.24, 2.45) is 5.73 Å². The number of Topliss-reactive ketones (excluding diaryl/α,β-unsaturated/α-hetero) is 1. The summed E-state index contributed by atoms with van der Waals surface area (Å²) in [6.45, 7) is 0. The molecule has 0 bridgehead atoms. The maximum Gasteiger partial charge on any atom is 0.358 e. The summed E-state index contributed by atoms with van der Waals surface area (Å²) in [5, 5.41) is 18.2. The Morgan fingerprint density at radius 3 is 2.50 bits per heavy atom. The summed E-state index contributed by atoms with van der Waals surface area (Å²) < 4.78 is 0. The van der Waals surface area contributed by atoms with Gasteiger partial charge in [0.25, 0.3) is 5.56 Å². The third-order valence-electron chi connectivity index (χ3n) is 2.97. The van der Waals surface area contributed by atoms with Gasteiger partial charge in [0.2, 0.25) is 11.5 Å². The molecule has 0 saturated carbocycles. The van der Waals surface area contributed by atoms with Crippen LogP contribution in [0.25, 0.3) is 0 Å². The molecule has 1 aromatic carbocycles. The van der Waals surface area contributed by atoms with Crippen LogP contribution in [0.3, 0.4) is 0 Å². The van der Waals surface area contributed by atoms with Crippen molar-refractivity contribution in [1.82, 2.24) is 9.97 Å². The van der Waals surface area contributed by atoms with Crippen LogP contribution in [0.2, 0.25) is 0 Å². The Balaban J connectivity index is 2.29. The van der Waals surface area contributed by atoms with Gasteiger partial charge in [0.15, 0.2) is 11.5 Å². The van der Waals surface area contributed by atoms with Crippen molar-refractivity contribution in [1.29, 1.82) is 0 Å². The van der Waals surface area contributed by atoms with Gasteiger partial charge in [-0.25, -0.2) is 9.78 Å². The Morgan fingerprint density at radius 2 is 1.91 bits per heavy atom. The number of hydrogen-bond donors (Lipinski definition) is 4. The molecule has 8 nitrogen and oxygen atoms in total. The fourth-order valence-corrected chi connectivity index (χ4v) is 1.87. The van der Waals surface area contributed by atoms with E-state index in [1.807, 2.05) is 11.1 Å². The molecule has 22 heavy (non-hydrogen) atoms. The minimum absolute atomic E-state index is 0.201. The Labute approximate surface area is 124 Å². The number of nitrogens with two attached hydrogens (primary N) is 1. The Hall–Kier alpha value is -3.00. The molecule has 1 atom stereocenters. The first kappa shape index (κ1) is 15.4. The standard InChI is InChI=1S/C14H13N3O5/c15-8(6-7-4-2-1-3-5-7)10(18)12-16-9(14(21)22)11(19)13(20)17-12/h1-5,8,19H,6,15H2,(H,21,22)(H,16,17,20)/t8-/m0/s1. The molecule has 1 heterocycles. The Morgan fingerprint density at radius 1 is 1.27 bits per heavy atom. The molecule has 0 radical (unpaired) electrons. The van der Waals surface area contributed by atoms with Crippen LogP contribution in [0.15, 0.2) is 35.1 Å². The molecule has 0 unspecified atom stereocenters. The number of aromatic nitrogens is 2. The van der Waals surface area contributed by atoms with Crippen molar-refractivity contribution in [2.45, 2.75) is 12.5 Å². The number of rotatable bonds is 5. The summed E-state index contributed by atoms with van der Waals surface area (Å²) in [6.07, 6.45) is 0.201. The summed E-state index contributed by atoms with van der Waals surface area (Å²) in [4.78, 5) is 40.0. The minimum Gasteiger partial charge on any atom is -0.501 e. The van der Waals surface area contributed by atoms with Gasteiger partial charge in [-0.3, -0.25) is 9.59 Å². The summed E-state index contributed by atoms with van der Waals surface area (Å²) >= 11 is 0. The maximum atomic E-state index is 12.2. The normalized spacial score (nSPS) is 11.9. The molecule has 1 aromatic heterocycles. The van der Waals surface area contributed by atoms with Crippen LogP contribution < -0.4 is 11.3 Å². The lowest BCUT2D eigenvalue weighted by molar-refractivity contribution is 0.0686. The Kier molecular flexibility index (Phi) is 4.33. The topological polar surface area (TPSA) is 146 Å². The smallest absolute Gasteiger partial charge is 0.358 e. The second kappa shape index (κ2) is 6.19. The third-order valence-corrected chi connectivity index (χ3v) is 2.97. The van der Waals surface area contributed by atoms with E-state index in [-0.39, 0.29) is 6.42 Å². The van der Waals surface area contributed by atoms with E-state index in [1.165, 1.54) is 0 Å². The molecule has 0 aliphatic rings. The van der Waals surface area contributed by atoms with Gasteiger partial charge in [0.05, 0.1) is 6.04 Å². The number of aromatic carboxylic acids is 1. The second-order valence-electron chi connectivity index (χ2n) is 4.58. The Bertz CT molecular complexity index is 770. The zero-order valence-electron chi connectivity index (χ0n) is 11.3. The number of carboxylic acids is 1. The fourth-order valence-electron chi connectivity index (χ4n) is 1.87. The zero-order chi connectivity index (χ0) is 16.3. The van der Waals surface area contributed by atoms with Crippen LogP contribution >= 0.6 is 0 Å². The zero-order valence-corrected chi connectivity index (χ0v) is 11.3. The molecule has 0 aliphatic carbocycles. The first-order chi connectivity index (χ1) is 10.4.